The van der Waals surface area contributed by atoms with Crippen molar-refractivity contribution in [2.45, 2.75) is 112 Å². The van der Waals surface area contributed by atoms with E-state index in [4.69, 9.17) is 0 Å². The summed E-state index contributed by atoms with van der Waals surface area (Å²) in [5, 5.41) is 0. The van der Waals surface area contributed by atoms with Gasteiger partial charge in [0, 0.05) is 0 Å². The zero-order chi connectivity index (χ0) is 15.2. The van der Waals surface area contributed by atoms with Gasteiger partial charge in [0.1, 0.15) is 0 Å². The Hall–Kier alpha value is 0. The molecular weight excluding hydrogens is 240 g/mol. The van der Waals surface area contributed by atoms with Crippen LogP contribution in [0.15, 0.2) is 0 Å². The fraction of sp³-hybridized carbons (Fsp3) is 1.00. The highest BCUT2D eigenvalue weighted by Crippen LogP contribution is 2.21. The van der Waals surface area contributed by atoms with Crippen molar-refractivity contribution in [3.8, 4) is 0 Å². The first-order valence-corrected chi connectivity index (χ1v) is 9.61. The van der Waals surface area contributed by atoms with Crippen LogP contribution in [0.1, 0.15) is 112 Å². The van der Waals surface area contributed by atoms with Gasteiger partial charge in [0.05, 0.1) is 0 Å². The second-order valence-electron chi connectivity index (χ2n) is 7.31. The van der Waals surface area contributed by atoms with E-state index in [0.717, 1.165) is 17.8 Å². The maximum atomic E-state index is 2.44. The van der Waals surface area contributed by atoms with Gasteiger partial charge in [-0.1, -0.05) is 112 Å². The number of rotatable bonds is 14. The fourth-order valence-electron chi connectivity index (χ4n) is 3.17. The zero-order valence-corrected chi connectivity index (χ0v) is 15.2. The average molecular weight is 283 g/mol. The van der Waals surface area contributed by atoms with Gasteiger partial charge in [-0.2, -0.15) is 0 Å². The summed E-state index contributed by atoms with van der Waals surface area (Å²) in [4.78, 5) is 0. The quantitative estimate of drug-likeness (QED) is 0.287. The van der Waals surface area contributed by atoms with Gasteiger partial charge in [0.15, 0.2) is 0 Å². The van der Waals surface area contributed by atoms with Crippen LogP contribution >= 0.6 is 0 Å². The van der Waals surface area contributed by atoms with Crippen molar-refractivity contribution >= 4 is 0 Å². The van der Waals surface area contributed by atoms with E-state index in [0.29, 0.717) is 0 Å². The summed E-state index contributed by atoms with van der Waals surface area (Å²) < 4.78 is 0. The summed E-state index contributed by atoms with van der Waals surface area (Å²) in [6, 6.07) is 0. The molecule has 0 aliphatic carbocycles. The second kappa shape index (κ2) is 14.0. The summed E-state index contributed by atoms with van der Waals surface area (Å²) in [6.07, 6.45) is 17.3. The molecule has 0 saturated carbocycles. The maximum absolute atomic E-state index is 2.44. The maximum Gasteiger partial charge on any atom is -0.0417 e. The van der Waals surface area contributed by atoms with Crippen LogP contribution in [0.5, 0.6) is 0 Å². The molecule has 0 aromatic carbocycles. The predicted octanol–water partition coefficient (Wildman–Crippen LogP) is 7.62. The van der Waals surface area contributed by atoms with E-state index in [9.17, 15) is 0 Å². The summed E-state index contributed by atoms with van der Waals surface area (Å²) in [5.74, 6) is 2.81. The molecule has 0 bridgehead atoms. The Morgan fingerprint density at radius 3 is 1.55 bits per heavy atom. The molecule has 122 valence electrons. The minimum Gasteiger partial charge on any atom is -0.0654 e. The summed E-state index contributed by atoms with van der Waals surface area (Å²) in [6.45, 7) is 11.9. The van der Waals surface area contributed by atoms with Crippen molar-refractivity contribution in [2.75, 3.05) is 0 Å². The first kappa shape index (κ1) is 20.0. The lowest BCUT2D eigenvalue weighted by molar-refractivity contribution is 0.342. The van der Waals surface area contributed by atoms with E-state index in [1.807, 2.05) is 0 Å². The summed E-state index contributed by atoms with van der Waals surface area (Å²) in [7, 11) is 0. The van der Waals surface area contributed by atoms with Crippen LogP contribution < -0.4 is 0 Å². The molecule has 3 atom stereocenters. The molecule has 0 aliphatic rings. The zero-order valence-electron chi connectivity index (χ0n) is 15.2. The molecule has 0 radical (unpaired) electrons. The van der Waals surface area contributed by atoms with Crippen molar-refractivity contribution in [3.05, 3.63) is 0 Å². The SMILES string of the molecule is CCCC(C)CCCCCCCCCC(C)C(C)CC. The van der Waals surface area contributed by atoms with E-state index in [1.54, 1.807) is 0 Å². The Labute approximate surface area is 130 Å². The third-order valence-electron chi connectivity index (χ3n) is 5.25. The normalized spacial score (nSPS) is 16.1. The largest absolute Gasteiger partial charge is 0.0654 e. The van der Waals surface area contributed by atoms with E-state index in [1.165, 1.54) is 77.0 Å². The van der Waals surface area contributed by atoms with Gasteiger partial charge >= 0.3 is 0 Å². The van der Waals surface area contributed by atoms with Crippen LogP contribution in [-0.2, 0) is 0 Å². The molecule has 0 aromatic rings. The van der Waals surface area contributed by atoms with Gasteiger partial charge in [0.25, 0.3) is 0 Å². The molecule has 0 amide bonds. The average Bonchev–Trinajstić information content (AvgIpc) is 2.44. The Bertz CT molecular complexity index is 184. The number of hydrogen-bond donors (Lipinski definition) is 0. The molecule has 0 rings (SSSR count). The molecule has 0 spiro atoms. The first-order chi connectivity index (χ1) is 9.61. The highest BCUT2D eigenvalue weighted by Gasteiger charge is 2.09. The highest BCUT2D eigenvalue weighted by molar-refractivity contribution is 4.60. The molecule has 0 aliphatic heterocycles. The minimum absolute atomic E-state index is 0.917. The lowest BCUT2D eigenvalue weighted by Crippen LogP contribution is -2.06. The Morgan fingerprint density at radius 2 is 1.05 bits per heavy atom. The molecule has 0 heteroatoms. The predicted molar refractivity (Wildman–Crippen MR) is 94.2 cm³/mol. The van der Waals surface area contributed by atoms with Crippen LogP contribution in [0.4, 0.5) is 0 Å². The number of unbranched alkanes of at least 4 members (excludes halogenated alkanes) is 6. The molecule has 0 saturated heterocycles. The van der Waals surface area contributed by atoms with Gasteiger partial charge < -0.3 is 0 Å². The lowest BCUT2D eigenvalue weighted by atomic mass is 9.89. The number of hydrogen-bond acceptors (Lipinski definition) is 0. The van der Waals surface area contributed by atoms with Crippen LogP contribution in [0.2, 0.25) is 0 Å². The molecule has 20 heavy (non-hydrogen) atoms. The second-order valence-corrected chi connectivity index (χ2v) is 7.31. The van der Waals surface area contributed by atoms with E-state index >= 15 is 0 Å². The van der Waals surface area contributed by atoms with Crippen molar-refractivity contribution < 1.29 is 0 Å². The third kappa shape index (κ3) is 11.8. The lowest BCUT2D eigenvalue weighted by Gasteiger charge is -2.17. The molecule has 3 unspecified atom stereocenters. The first-order valence-electron chi connectivity index (χ1n) is 9.61. The topological polar surface area (TPSA) is 0 Å². The Morgan fingerprint density at radius 1 is 0.550 bits per heavy atom. The van der Waals surface area contributed by atoms with Gasteiger partial charge in [-0.3, -0.25) is 0 Å². The van der Waals surface area contributed by atoms with Crippen molar-refractivity contribution in [2.24, 2.45) is 17.8 Å². The van der Waals surface area contributed by atoms with Crippen molar-refractivity contribution in [1.82, 2.24) is 0 Å². The van der Waals surface area contributed by atoms with Crippen molar-refractivity contribution in [3.63, 3.8) is 0 Å². The molecular formula is C20H42. The molecule has 0 nitrogen and oxygen atoms in total. The summed E-state index contributed by atoms with van der Waals surface area (Å²) in [5.41, 5.74) is 0. The standard InChI is InChI=1S/C20H42/c1-6-15-18(3)16-13-11-9-8-10-12-14-17-20(5)19(4)7-2/h18-20H,6-17H2,1-5H3. The molecule has 0 heterocycles. The Kier molecular flexibility index (Phi) is 14.0. The molecule has 0 aromatic heterocycles. The van der Waals surface area contributed by atoms with Crippen LogP contribution in [0.3, 0.4) is 0 Å². The van der Waals surface area contributed by atoms with Crippen LogP contribution in [0.25, 0.3) is 0 Å². The smallest absolute Gasteiger partial charge is 0.0417 e. The third-order valence-corrected chi connectivity index (χ3v) is 5.25. The van der Waals surface area contributed by atoms with Crippen LogP contribution in [-0.4, -0.2) is 0 Å². The fourth-order valence-corrected chi connectivity index (χ4v) is 3.17. The summed E-state index contributed by atoms with van der Waals surface area (Å²) >= 11 is 0. The van der Waals surface area contributed by atoms with Gasteiger partial charge in [-0.25, -0.2) is 0 Å². The van der Waals surface area contributed by atoms with E-state index in [2.05, 4.69) is 34.6 Å². The Balaban J connectivity index is 3.21. The molecule has 0 N–H and O–H groups in total. The van der Waals surface area contributed by atoms with Crippen molar-refractivity contribution in [1.29, 1.82) is 0 Å². The van der Waals surface area contributed by atoms with E-state index < -0.39 is 0 Å². The van der Waals surface area contributed by atoms with Gasteiger partial charge in [-0.15, -0.1) is 0 Å². The minimum atomic E-state index is 0.917. The molecule has 0 fully saturated rings. The van der Waals surface area contributed by atoms with Gasteiger partial charge in [-0.05, 0) is 17.8 Å². The van der Waals surface area contributed by atoms with Gasteiger partial charge in [0.2, 0.25) is 0 Å². The van der Waals surface area contributed by atoms with Crippen LogP contribution in [0, 0.1) is 17.8 Å². The monoisotopic (exact) mass is 282 g/mol. The van der Waals surface area contributed by atoms with E-state index in [-0.39, 0.29) is 0 Å². The highest BCUT2D eigenvalue weighted by atomic mass is 14.1.